The molecule has 164 valence electrons. The fraction of sp³-hybridized carbons (Fsp3) is 0.333. The monoisotopic (exact) mass is 425 g/mol. The molecule has 0 fully saturated rings. The number of nitrogens with zero attached hydrogens (tertiary/aromatic N) is 1. The molecule has 1 aliphatic heterocycles. The van der Waals surface area contributed by atoms with E-state index in [-0.39, 0.29) is 24.6 Å². The van der Waals surface area contributed by atoms with Gasteiger partial charge in [-0.1, -0.05) is 12.1 Å². The molecular weight excluding hydrogens is 398 g/mol. The average molecular weight is 425 g/mol. The molecule has 1 heterocycles. The van der Waals surface area contributed by atoms with Gasteiger partial charge in [-0.3, -0.25) is 0 Å². The number of rotatable bonds is 6. The molecule has 2 aromatic rings. The van der Waals surface area contributed by atoms with E-state index in [0.29, 0.717) is 12.3 Å². The molecule has 1 aliphatic rings. The lowest BCUT2D eigenvalue weighted by molar-refractivity contribution is -0.140. The third kappa shape index (κ3) is 4.56. The van der Waals surface area contributed by atoms with Gasteiger partial charge < -0.3 is 23.8 Å². The molecule has 0 saturated carbocycles. The zero-order valence-corrected chi connectivity index (χ0v) is 18.5. The molecular formula is C24H27NO6. The van der Waals surface area contributed by atoms with Crippen molar-refractivity contribution in [1.29, 1.82) is 0 Å². The van der Waals surface area contributed by atoms with E-state index < -0.39 is 11.9 Å². The van der Waals surface area contributed by atoms with Crippen LogP contribution in [0.4, 0.5) is 5.69 Å². The lowest BCUT2D eigenvalue weighted by atomic mass is 9.99. The molecule has 7 nitrogen and oxygen atoms in total. The van der Waals surface area contributed by atoms with Crippen LogP contribution in [0.2, 0.25) is 0 Å². The minimum atomic E-state index is -0.626. The summed E-state index contributed by atoms with van der Waals surface area (Å²) >= 11 is 0. The summed E-state index contributed by atoms with van der Waals surface area (Å²) in [6.45, 7) is 6.69. The second-order valence-electron chi connectivity index (χ2n) is 7.14. The van der Waals surface area contributed by atoms with Crippen LogP contribution in [0.1, 0.15) is 18.1 Å². The number of aryl methyl sites for hydroxylation is 2. The topological polar surface area (TPSA) is 74.3 Å². The number of esters is 2. The van der Waals surface area contributed by atoms with Gasteiger partial charge in [0.15, 0.2) is 0 Å². The maximum atomic E-state index is 12.5. The largest absolute Gasteiger partial charge is 0.493 e. The van der Waals surface area contributed by atoms with E-state index in [4.69, 9.17) is 18.9 Å². The van der Waals surface area contributed by atoms with Gasteiger partial charge in [-0.15, -0.1) is 0 Å². The molecule has 0 aromatic heterocycles. The number of benzene rings is 2. The van der Waals surface area contributed by atoms with Gasteiger partial charge in [-0.25, -0.2) is 9.59 Å². The Morgan fingerprint density at radius 3 is 2.29 bits per heavy atom. The molecule has 0 amide bonds. The zero-order valence-electron chi connectivity index (χ0n) is 18.5. The number of anilines is 1. The third-order valence-electron chi connectivity index (χ3n) is 5.07. The van der Waals surface area contributed by atoms with Crippen molar-refractivity contribution >= 4 is 17.6 Å². The zero-order chi connectivity index (χ0) is 22.5. The van der Waals surface area contributed by atoms with Crippen LogP contribution in [0.5, 0.6) is 5.75 Å². The van der Waals surface area contributed by atoms with Crippen molar-refractivity contribution in [3.8, 4) is 16.9 Å². The van der Waals surface area contributed by atoms with Crippen molar-refractivity contribution in [2.75, 3.05) is 39.1 Å². The van der Waals surface area contributed by atoms with E-state index in [1.165, 1.54) is 14.2 Å². The number of hydrogen-bond acceptors (Lipinski definition) is 7. The van der Waals surface area contributed by atoms with E-state index in [1.54, 1.807) is 4.90 Å². The first-order valence-electron chi connectivity index (χ1n) is 10.0. The van der Waals surface area contributed by atoms with E-state index in [2.05, 4.69) is 12.1 Å². The number of ether oxygens (including phenoxy) is 4. The van der Waals surface area contributed by atoms with Gasteiger partial charge in [-0.05, 0) is 67.3 Å². The minimum Gasteiger partial charge on any atom is -0.493 e. The average Bonchev–Trinajstić information content (AvgIpc) is 2.79. The Hall–Kier alpha value is -3.32. The molecule has 0 aliphatic carbocycles. The third-order valence-corrected chi connectivity index (χ3v) is 5.07. The van der Waals surface area contributed by atoms with Crippen LogP contribution in [0.25, 0.3) is 11.1 Å². The standard InChI is InChI=1S/C24H27NO6/c1-6-31-22-15(2)10-18(11-16(22)3)17-8-7-9-19(12-17)25-14-30-13-20(23(26)28-4)21(25)24(27)29-5/h7-12H,6,13-14H2,1-5H3. The van der Waals surface area contributed by atoms with Crippen LogP contribution in [0.15, 0.2) is 47.7 Å². The lowest BCUT2D eigenvalue weighted by Gasteiger charge is -2.31. The molecule has 0 N–H and O–H groups in total. The SMILES string of the molecule is CCOc1c(C)cc(-c2cccc(N3COCC(C(=O)OC)=C3C(=O)OC)c2)cc1C. The highest BCUT2D eigenvalue weighted by Crippen LogP contribution is 2.33. The summed E-state index contributed by atoms with van der Waals surface area (Å²) in [6.07, 6.45) is 0. The quantitative estimate of drug-likeness (QED) is 0.653. The molecule has 3 rings (SSSR count). The van der Waals surface area contributed by atoms with Gasteiger partial charge in [0.2, 0.25) is 0 Å². The van der Waals surface area contributed by atoms with Crippen molar-refractivity contribution in [2.24, 2.45) is 0 Å². The van der Waals surface area contributed by atoms with E-state index in [9.17, 15) is 9.59 Å². The minimum absolute atomic E-state index is 0.0232. The Labute approximate surface area is 182 Å². The number of carbonyl (C=O) groups is 2. The van der Waals surface area contributed by atoms with Crippen molar-refractivity contribution < 1.29 is 28.5 Å². The molecule has 0 bridgehead atoms. The van der Waals surface area contributed by atoms with Gasteiger partial charge in [0.25, 0.3) is 0 Å². The van der Waals surface area contributed by atoms with Gasteiger partial charge in [-0.2, -0.15) is 0 Å². The van der Waals surface area contributed by atoms with Gasteiger partial charge >= 0.3 is 11.9 Å². The van der Waals surface area contributed by atoms with Crippen molar-refractivity contribution in [1.82, 2.24) is 0 Å². The Balaban J connectivity index is 2.06. The summed E-state index contributed by atoms with van der Waals surface area (Å²) in [5, 5.41) is 0. The highest BCUT2D eigenvalue weighted by molar-refractivity contribution is 6.03. The van der Waals surface area contributed by atoms with Gasteiger partial charge in [0, 0.05) is 5.69 Å². The highest BCUT2D eigenvalue weighted by Gasteiger charge is 2.32. The second-order valence-corrected chi connectivity index (χ2v) is 7.14. The molecule has 31 heavy (non-hydrogen) atoms. The van der Waals surface area contributed by atoms with Crippen LogP contribution in [-0.4, -0.2) is 46.1 Å². The van der Waals surface area contributed by atoms with Crippen molar-refractivity contribution in [3.63, 3.8) is 0 Å². The highest BCUT2D eigenvalue weighted by atomic mass is 16.5. The summed E-state index contributed by atoms with van der Waals surface area (Å²) in [4.78, 5) is 26.4. The Morgan fingerprint density at radius 1 is 1.00 bits per heavy atom. The van der Waals surface area contributed by atoms with Crippen molar-refractivity contribution in [3.05, 3.63) is 58.8 Å². The van der Waals surface area contributed by atoms with Crippen LogP contribution in [0, 0.1) is 13.8 Å². The molecule has 2 aromatic carbocycles. The summed E-state index contributed by atoms with van der Waals surface area (Å²) in [5.74, 6) is -0.355. The first kappa shape index (κ1) is 22.4. The van der Waals surface area contributed by atoms with Crippen LogP contribution in [0.3, 0.4) is 0 Å². The number of hydrogen-bond donors (Lipinski definition) is 0. The molecule has 0 saturated heterocycles. The first-order chi connectivity index (χ1) is 14.9. The van der Waals surface area contributed by atoms with Crippen LogP contribution in [-0.2, 0) is 23.8 Å². The fourth-order valence-corrected chi connectivity index (χ4v) is 3.69. The van der Waals surface area contributed by atoms with E-state index in [1.807, 2.05) is 45.0 Å². The first-order valence-corrected chi connectivity index (χ1v) is 10.0. The smallest absolute Gasteiger partial charge is 0.355 e. The molecule has 0 unspecified atom stereocenters. The normalized spacial score (nSPS) is 13.8. The maximum Gasteiger partial charge on any atom is 0.355 e. The Morgan fingerprint density at radius 2 is 1.68 bits per heavy atom. The summed E-state index contributed by atoms with van der Waals surface area (Å²) < 4.78 is 21.1. The Kier molecular flexibility index (Phi) is 6.97. The van der Waals surface area contributed by atoms with E-state index in [0.717, 1.165) is 28.0 Å². The summed E-state index contributed by atoms with van der Waals surface area (Å²) in [7, 11) is 2.54. The number of methoxy groups -OCH3 is 2. The predicted molar refractivity (Wildman–Crippen MR) is 117 cm³/mol. The van der Waals surface area contributed by atoms with Crippen LogP contribution >= 0.6 is 0 Å². The predicted octanol–water partition coefficient (Wildman–Crippen LogP) is 3.76. The number of carbonyl (C=O) groups excluding carboxylic acids is 2. The molecule has 0 radical (unpaired) electrons. The maximum absolute atomic E-state index is 12.5. The lowest BCUT2D eigenvalue weighted by Crippen LogP contribution is -2.38. The fourth-order valence-electron chi connectivity index (χ4n) is 3.69. The molecule has 7 heteroatoms. The van der Waals surface area contributed by atoms with Gasteiger partial charge in [0.05, 0.1) is 33.0 Å². The molecule has 0 spiro atoms. The van der Waals surface area contributed by atoms with Crippen molar-refractivity contribution in [2.45, 2.75) is 20.8 Å². The molecule has 0 atom stereocenters. The Bertz CT molecular complexity index is 1000. The summed E-state index contributed by atoms with van der Waals surface area (Å²) in [6, 6.07) is 11.8. The summed E-state index contributed by atoms with van der Waals surface area (Å²) in [5.41, 5.74) is 5.02. The van der Waals surface area contributed by atoms with E-state index >= 15 is 0 Å². The van der Waals surface area contributed by atoms with Gasteiger partial charge in [0.1, 0.15) is 18.2 Å². The van der Waals surface area contributed by atoms with Crippen LogP contribution < -0.4 is 9.64 Å². The second kappa shape index (κ2) is 9.66.